The topological polar surface area (TPSA) is 91.8 Å². The van der Waals surface area contributed by atoms with Gasteiger partial charge >= 0.3 is 0 Å². The van der Waals surface area contributed by atoms with Crippen molar-refractivity contribution in [3.05, 3.63) is 71.6 Å². The van der Waals surface area contributed by atoms with E-state index in [9.17, 15) is 4.79 Å². The molecule has 154 valence electrons. The third-order valence-corrected chi connectivity index (χ3v) is 5.77. The lowest BCUT2D eigenvalue weighted by atomic mass is 9.80. The van der Waals surface area contributed by atoms with Crippen molar-refractivity contribution in [1.29, 1.82) is 0 Å². The molecule has 1 atom stereocenters. The van der Waals surface area contributed by atoms with E-state index in [1.807, 2.05) is 36.4 Å². The fourth-order valence-electron chi connectivity index (χ4n) is 4.32. The maximum atomic E-state index is 12.9. The Morgan fingerprint density at radius 3 is 2.81 bits per heavy atom. The van der Waals surface area contributed by atoms with Crippen LogP contribution < -0.4 is 9.47 Å². The van der Waals surface area contributed by atoms with Crippen molar-refractivity contribution < 1.29 is 18.7 Å². The normalized spacial score (nSPS) is 18.0. The van der Waals surface area contributed by atoms with Crippen LogP contribution in [0.2, 0.25) is 0 Å². The van der Waals surface area contributed by atoms with Crippen LogP contribution in [-0.2, 0) is 4.79 Å². The van der Waals surface area contributed by atoms with Crippen LogP contribution in [0.3, 0.4) is 0 Å². The lowest BCUT2D eigenvalue weighted by Crippen LogP contribution is -2.26. The average Bonchev–Trinajstić information content (AvgIpc) is 3.48. The highest BCUT2D eigenvalue weighted by Gasteiger charge is 2.40. The molecule has 0 fully saturated rings. The molecule has 1 aliphatic carbocycles. The van der Waals surface area contributed by atoms with Crippen molar-refractivity contribution in [2.24, 2.45) is 0 Å². The molecule has 4 aromatic rings. The molecular formula is C23H18N4O4. The number of ketones is 1. The summed E-state index contributed by atoms with van der Waals surface area (Å²) in [4.78, 5) is 22.2. The van der Waals surface area contributed by atoms with Gasteiger partial charge in [-0.15, -0.1) is 5.10 Å². The van der Waals surface area contributed by atoms with Crippen LogP contribution in [0.15, 0.2) is 64.7 Å². The zero-order chi connectivity index (χ0) is 20.9. The first kappa shape index (κ1) is 17.9. The van der Waals surface area contributed by atoms with E-state index in [0.717, 1.165) is 17.7 Å². The first-order chi connectivity index (χ1) is 15.2. The Morgan fingerprint density at radius 1 is 1.16 bits per heavy atom. The van der Waals surface area contributed by atoms with Gasteiger partial charge in [-0.3, -0.25) is 4.79 Å². The van der Waals surface area contributed by atoms with Gasteiger partial charge in [0.15, 0.2) is 17.3 Å². The number of aromatic nitrogens is 4. The summed E-state index contributed by atoms with van der Waals surface area (Å²) in [5.41, 5.74) is 2.76. The van der Waals surface area contributed by atoms with E-state index in [1.54, 1.807) is 24.2 Å². The maximum Gasteiger partial charge on any atom is 0.228 e. The SMILES string of the molecule is COc1ccc(-c2nc3c4c(ncn3n2)OC2=C(C(=O)CCC2)[C@H]4c2ccco2)cc1. The number of allylic oxidation sites excluding steroid dienone is 2. The molecule has 4 heterocycles. The number of hydrogen-bond acceptors (Lipinski definition) is 7. The van der Waals surface area contributed by atoms with E-state index in [2.05, 4.69) is 10.1 Å². The largest absolute Gasteiger partial charge is 0.497 e. The van der Waals surface area contributed by atoms with E-state index in [0.29, 0.717) is 52.8 Å². The lowest BCUT2D eigenvalue weighted by Gasteiger charge is -2.30. The molecule has 0 N–H and O–H groups in total. The smallest absolute Gasteiger partial charge is 0.228 e. The molecule has 0 saturated heterocycles. The zero-order valence-corrected chi connectivity index (χ0v) is 16.7. The minimum atomic E-state index is -0.425. The molecule has 0 saturated carbocycles. The lowest BCUT2D eigenvalue weighted by molar-refractivity contribution is -0.116. The Bertz CT molecular complexity index is 1340. The number of ether oxygens (including phenoxy) is 2. The highest BCUT2D eigenvalue weighted by Crippen LogP contribution is 2.47. The third kappa shape index (κ3) is 2.75. The summed E-state index contributed by atoms with van der Waals surface area (Å²) >= 11 is 0. The Kier molecular flexibility index (Phi) is 3.92. The molecule has 0 bridgehead atoms. The molecule has 2 aliphatic rings. The first-order valence-electron chi connectivity index (χ1n) is 10.1. The monoisotopic (exact) mass is 414 g/mol. The highest BCUT2D eigenvalue weighted by molar-refractivity contribution is 5.99. The van der Waals surface area contributed by atoms with E-state index < -0.39 is 5.92 Å². The van der Waals surface area contributed by atoms with Gasteiger partial charge in [0.25, 0.3) is 0 Å². The van der Waals surface area contributed by atoms with Crippen LogP contribution in [0.1, 0.15) is 36.5 Å². The number of hydrogen-bond donors (Lipinski definition) is 0. The predicted molar refractivity (Wildman–Crippen MR) is 110 cm³/mol. The minimum Gasteiger partial charge on any atom is -0.497 e. The number of carbonyl (C=O) groups excluding carboxylic acids is 1. The Morgan fingerprint density at radius 2 is 2.03 bits per heavy atom. The second-order valence-electron chi connectivity index (χ2n) is 7.56. The van der Waals surface area contributed by atoms with E-state index in [-0.39, 0.29) is 5.78 Å². The van der Waals surface area contributed by atoms with E-state index >= 15 is 0 Å². The third-order valence-electron chi connectivity index (χ3n) is 5.77. The summed E-state index contributed by atoms with van der Waals surface area (Å²) in [5.74, 6) is 2.74. The van der Waals surface area contributed by atoms with Crippen molar-refractivity contribution in [3.8, 4) is 23.0 Å². The number of nitrogens with zero attached hydrogens (tertiary/aromatic N) is 4. The summed E-state index contributed by atoms with van der Waals surface area (Å²) in [5, 5.41) is 4.60. The van der Waals surface area contributed by atoms with Gasteiger partial charge in [0, 0.05) is 24.0 Å². The summed E-state index contributed by atoms with van der Waals surface area (Å²) in [6, 6.07) is 11.2. The van der Waals surface area contributed by atoms with Gasteiger partial charge in [0.1, 0.15) is 23.6 Å². The van der Waals surface area contributed by atoms with Crippen molar-refractivity contribution in [1.82, 2.24) is 19.6 Å². The number of Topliss-reactive ketones (excluding diaryl/α,β-unsaturated/α-hetero) is 1. The summed E-state index contributed by atoms with van der Waals surface area (Å²) in [6.07, 6.45) is 5.16. The number of benzene rings is 1. The van der Waals surface area contributed by atoms with Crippen molar-refractivity contribution in [3.63, 3.8) is 0 Å². The van der Waals surface area contributed by atoms with Crippen LogP contribution in [0.25, 0.3) is 17.0 Å². The Labute approximate surface area is 177 Å². The quantitative estimate of drug-likeness (QED) is 0.502. The molecular weight excluding hydrogens is 396 g/mol. The van der Waals surface area contributed by atoms with Crippen LogP contribution in [0.4, 0.5) is 0 Å². The molecule has 0 amide bonds. The molecule has 0 unspecified atom stereocenters. The second-order valence-corrected chi connectivity index (χ2v) is 7.56. The van der Waals surface area contributed by atoms with Crippen LogP contribution in [0, 0.1) is 0 Å². The van der Waals surface area contributed by atoms with E-state index in [4.69, 9.17) is 18.9 Å². The Balaban J connectivity index is 1.56. The standard InChI is InChI=1S/C23H18N4O4/c1-29-14-9-7-13(8-10-14)21-25-22-20-19(16-6-3-11-30-16)18-15(28)4-2-5-17(18)31-23(20)24-12-27(22)26-21/h3,6-12,19H,2,4-5H2,1H3/t19-/m1/s1. The fourth-order valence-corrected chi connectivity index (χ4v) is 4.32. The number of rotatable bonds is 3. The van der Waals surface area contributed by atoms with Crippen LogP contribution in [-0.4, -0.2) is 32.5 Å². The van der Waals surface area contributed by atoms with Crippen LogP contribution in [0.5, 0.6) is 11.6 Å². The number of carbonyl (C=O) groups is 1. The Hall–Kier alpha value is -3.94. The van der Waals surface area contributed by atoms with Gasteiger partial charge in [0.2, 0.25) is 5.88 Å². The maximum absolute atomic E-state index is 12.9. The second kappa shape index (κ2) is 6.80. The zero-order valence-electron chi connectivity index (χ0n) is 16.7. The molecule has 0 radical (unpaired) electrons. The van der Waals surface area contributed by atoms with Gasteiger partial charge in [0.05, 0.1) is 24.9 Å². The van der Waals surface area contributed by atoms with Gasteiger partial charge in [-0.1, -0.05) is 0 Å². The van der Waals surface area contributed by atoms with Gasteiger partial charge < -0.3 is 13.9 Å². The number of furan rings is 1. The van der Waals surface area contributed by atoms with E-state index in [1.165, 1.54) is 0 Å². The van der Waals surface area contributed by atoms with Crippen molar-refractivity contribution in [2.45, 2.75) is 25.2 Å². The predicted octanol–water partition coefficient (Wildman–Crippen LogP) is 3.92. The number of methoxy groups -OCH3 is 1. The van der Waals surface area contributed by atoms with Crippen molar-refractivity contribution in [2.75, 3.05) is 7.11 Å². The molecule has 1 aromatic carbocycles. The molecule has 6 rings (SSSR count). The molecule has 31 heavy (non-hydrogen) atoms. The van der Waals surface area contributed by atoms with Gasteiger partial charge in [-0.2, -0.15) is 0 Å². The van der Waals surface area contributed by atoms with Gasteiger partial charge in [-0.05, 0) is 42.8 Å². The molecule has 0 spiro atoms. The molecule has 1 aliphatic heterocycles. The molecule has 8 nitrogen and oxygen atoms in total. The van der Waals surface area contributed by atoms with Crippen LogP contribution >= 0.6 is 0 Å². The summed E-state index contributed by atoms with van der Waals surface area (Å²) in [6.45, 7) is 0. The minimum absolute atomic E-state index is 0.0743. The molecule has 3 aromatic heterocycles. The summed E-state index contributed by atoms with van der Waals surface area (Å²) in [7, 11) is 1.63. The van der Waals surface area contributed by atoms with Gasteiger partial charge in [-0.25, -0.2) is 14.5 Å². The van der Waals surface area contributed by atoms with Crippen molar-refractivity contribution >= 4 is 11.4 Å². The fraction of sp³-hybridized carbons (Fsp3) is 0.217. The number of fused-ring (bicyclic) bond motifs is 3. The first-order valence-corrected chi connectivity index (χ1v) is 10.1. The molecule has 8 heteroatoms. The highest BCUT2D eigenvalue weighted by atomic mass is 16.5. The average molecular weight is 414 g/mol. The summed E-state index contributed by atoms with van der Waals surface area (Å²) < 4.78 is 18.7.